The van der Waals surface area contributed by atoms with Crippen LogP contribution in [-0.4, -0.2) is 34.8 Å². The van der Waals surface area contributed by atoms with Crippen molar-refractivity contribution in [2.24, 2.45) is 40.4 Å². The molecule has 148 valence electrons. The van der Waals surface area contributed by atoms with Crippen molar-refractivity contribution in [3.8, 4) is 0 Å². The lowest BCUT2D eigenvalue weighted by Crippen LogP contribution is -2.51. The van der Waals surface area contributed by atoms with E-state index < -0.39 is 12.0 Å². The van der Waals surface area contributed by atoms with E-state index in [0.717, 1.165) is 24.8 Å². The molecule has 8 atom stereocenters. The lowest BCUT2D eigenvalue weighted by molar-refractivity contribution is -0.130. The summed E-state index contributed by atoms with van der Waals surface area (Å²) in [6.07, 6.45) is 6.58. The predicted octanol–water partition coefficient (Wildman–Crippen LogP) is 3.50. The molecule has 0 aromatic rings. The average molecular weight is 381 g/mol. The molecule has 6 rings (SSSR count). The van der Waals surface area contributed by atoms with Gasteiger partial charge in [-0.2, -0.15) is 0 Å². The molecular formula is C23H27NO4. The summed E-state index contributed by atoms with van der Waals surface area (Å²) >= 11 is 0. The zero-order valence-corrected chi connectivity index (χ0v) is 16.9. The van der Waals surface area contributed by atoms with E-state index in [4.69, 9.17) is 4.74 Å². The Bertz CT molecular complexity index is 914. The molecule has 0 aromatic carbocycles. The van der Waals surface area contributed by atoms with Gasteiger partial charge in [0.25, 0.3) is 5.91 Å². The molecule has 4 bridgehead atoms. The summed E-state index contributed by atoms with van der Waals surface area (Å²) < 4.78 is 5.75. The second kappa shape index (κ2) is 4.80. The lowest BCUT2D eigenvalue weighted by Gasteiger charge is -2.40. The third-order valence-electron chi connectivity index (χ3n) is 9.78. The molecule has 0 N–H and O–H groups in total. The fourth-order valence-electron chi connectivity index (χ4n) is 8.02. The van der Waals surface area contributed by atoms with Crippen LogP contribution in [0.15, 0.2) is 23.3 Å². The van der Waals surface area contributed by atoms with Gasteiger partial charge in [-0.1, -0.05) is 38.5 Å². The summed E-state index contributed by atoms with van der Waals surface area (Å²) in [6.45, 7) is 8.59. The first-order valence-electron chi connectivity index (χ1n) is 10.7. The normalized spacial score (nSPS) is 49.3. The van der Waals surface area contributed by atoms with Crippen molar-refractivity contribution in [2.75, 3.05) is 0 Å². The van der Waals surface area contributed by atoms with Crippen molar-refractivity contribution in [3.63, 3.8) is 0 Å². The Labute approximate surface area is 165 Å². The number of carbonyl (C=O) groups excluding carboxylic acids is 3. The number of carbonyl (C=O) groups is 3. The minimum absolute atomic E-state index is 0.00418. The molecule has 5 nitrogen and oxygen atoms in total. The van der Waals surface area contributed by atoms with Crippen molar-refractivity contribution in [1.29, 1.82) is 0 Å². The fraction of sp³-hybridized carbons (Fsp3) is 0.696. The highest BCUT2D eigenvalue weighted by molar-refractivity contribution is 6.25. The van der Waals surface area contributed by atoms with Crippen LogP contribution >= 0.6 is 0 Å². The largest absolute Gasteiger partial charge is 0.443 e. The van der Waals surface area contributed by atoms with Crippen LogP contribution in [0.25, 0.3) is 0 Å². The summed E-state index contributed by atoms with van der Waals surface area (Å²) in [5.41, 5.74) is 0.997. The number of fused-ring (bicyclic) bond motifs is 10. The average Bonchev–Trinajstić information content (AvgIpc) is 3.41. The SMILES string of the molecule is CC1=C(C(=O)N2C(=O)O[C@@H]3[C@H]4CC[C@@](C)([C@@H]32)C4(C)C)C(=O)[C@H]2[C@@H]1[C@@H]1C=C[C@H]2C1. The molecule has 1 heterocycles. The van der Waals surface area contributed by atoms with Crippen LogP contribution in [0.4, 0.5) is 4.79 Å². The van der Waals surface area contributed by atoms with Gasteiger partial charge in [0.15, 0.2) is 5.78 Å². The summed E-state index contributed by atoms with van der Waals surface area (Å²) in [7, 11) is 0. The quantitative estimate of drug-likeness (QED) is 0.515. The van der Waals surface area contributed by atoms with Crippen molar-refractivity contribution >= 4 is 17.8 Å². The van der Waals surface area contributed by atoms with E-state index in [-0.39, 0.29) is 58.0 Å². The molecule has 2 amide bonds. The van der Waals surface area contributed by atoms with Gasteiger partial charge < -0.3 is 4.74 Å². The van der Waals surface area contributed by atoms with Gasteiger partial charge in [-0.15, -0.1) is 0 Å². The van der Waals surface area contributed by atoms with Crippen LogP contribution in [0.2, 0.25) is 0 Å². The monoisotopic (exact) mass is 381 g/mol. The smallest absolute Gasteiger partial charge is 0.417 e. The molecule has 0 radical (unpaired) electrons. The first kappa shape index (κ1) is 17.0. The van der Waals surface area contributed by atoms with E-state index in [1.807, 2.05) is 6.92 Å². The first-order chi connectivity index (χ1) is 13.2. The van der Waals surface area contributed by atoms with E-state index in [2.05, 4.69) is 32.9 Å². The van der Waals surface area contributed by atoms with Crippen LogP contribution in [0.5, 0.6) is 0 Å². The summed E-state index contributed by atoms with van der Waals surface area (Å²) in [5.74, 6) is 0.476. The highest BCUT2D eigenvalue weighted by Gasteiger charge is 2.73. The van der Waals surface area contributed by atoms with E-state index in [1.165, 1.54) is 4.90 Å². The number of hydrogen-bond acceptors (Lipinski definition) is 4. The summed E-state index contributed by atoms with van der Waals surface area (Å²) in [6, 6.07) is -0.260. The number of ether oxygens (including phenoxy) is 1. The molecule has 1 aliphatic heterocycles. The molecule has 6 aliphatic rings. The Morgan fingerprint density at radius 2 is 1.82 bits per heavy atom. The molecule has 5 aliphatic carbocycles. The molecule has 4 fully saturated rings. The van der Waals surface area contributed by atoms with Crippen molar-refractivity contribution in [1.82, 2.24) is 4.90 Å². The van der Waals surface area contributed by atoms with Gasteiger partial charge in [-0.25, -0.2) is 9.69 Å². The van der Waals surface area contributed by atoms with Crippen molar-refractivity contribution < 1.29 is 19.1 Å². The second-order valence-electron chi connectivity index (χ2n) is 10.7. The molecular weight excluding hydrogens is 354 g/mol. The van der Waals surface area contributed by atoms with Crippen molar-refractivity contribution in [3.05, 3.63) is 23.3 Å². The first-order valence-corrected chi connectivity index (χ1v) is 10.7. The van der Waals surface area contributed by atoms with Crippen LogP contribution in [0, 0.1) is 40.4 Å². The summed E-state index contributed by atoms with van der Waals surface area (Å²) in [4.78, 5) is 41.0. The Morgan fingerprint density at radius 1 is 1.14 bits per heavy atom. The fourth-order valence-corrected chi connectivity index (χ4v) is 8.02. The number of allylic oxidation sites excluding steroid dienone is 3. The Hall–Kier alpha value is -1.91. The maximum Gasteiger partial charge on any atom is 0.417 e. The zero-order valence-electron chi connectivity index (χ0n) is 16.9. The maximum atomic E-state index is 13.6. The second-order valence-corrected chi connectivity index (χ2v) is 10.7. The van der Waals surface area contributed by atoms with E-state index in [9.17, 15) is 14.4 Å². The van der Waals surface area contributed by atoms with E-state index >= 15 is 0 Å². The molecule has 28 heavy (non-hydrogen) atoms. The zero-order chi connectivity index (χ0) is 19.7. The number of rotatable bonds is 1. The van der Waals surface area contributed by atoms with Crippen molar-refractivity contribution in [2.45, 2.75) is 59.1 Å². The van der Waals surface area contributed by atoms with Gasteiger partial charge in [-0.05, 0) is 54.8 Å². The molecule has 5 heteroatoms. The third-order valence-corrected chi connectivity index (χ3v) is 9.78. The molecule has 1 saturated heterocycles. The number of nitrogens with zero attached hydrogens (tertiary/aromatic N) is 1. The van der Waals surface area contributed by atoms with E-state index in [1.54, 1.807) is 0 Å². The Morgan fingerprint density at radius 3 is 2.50 bits per heavy atom. The standard InChI is InChI=1S/C23H27NO4/c1-10-14-11-5-6-12(9-11)16(14)17(25)15(10)20(26)24-19-18(28-21(24)27)13-7-8-23(19,4)22(13,2)3/h5-6,11-14,16,18-19H,7-9H2,1-4H3/t11-,12+,13-,14+,16-,18-,19-,23+/m1/s1. The number of imide groups is 1. The minimum Gasteiger partial charge on any atom is -0.443 e. The van der Waals surface area contributed by atoms with Gasteiger partial charge >= 0.3 is 6.09 Å². The van der Waals surface area contributed by atoms with Crippen LogP contribution in [0.3, 0.4) is 0 Å². The maximum absolute atomic E-state index is 13.6. The van der Waals surface area contributed by atoms with Gasteiger partial charge in [0.2, 0.25) is 0 Å². The lowest BCUT2D eigenvalue weighted by atomic mass is 9.69. The number of amides is 2. The van der Waals surface area contributed by atoms with Gasteiger partial charge in [-0.3, -0.25) is 9.59 Å². The molecule has 0 unspecified atom stereocenters. The summed E-state index contributed by atoms with van der Waals surface area (Å²) in [5, 5.41) is 0. The Kier molecular flexibility index (Phi) is 2.91. The highest BCUT2D eigenvalue weighted by atomic mass is 16.6. The number of Topliss-reactive ketones (excluding diaryl/α,β-unsaturated/α-hetero) is 1. The van der Waals surface area contributed by atoms with Crippen LogP contribution in [0.1, 0.15) is 47.0 Å². The van der Waals surface area contributed by atoms with Gasteiger partial charge in [0, 0.05) is 11.8 Å². The van der Waals surface area contributed by atoms with Crippen LogP contribution in [-0.2, 0) is 14.3 Å². The topological polar surface area (TPSA) is 63.7 Å². The number of ketones is 1. The number of hydrogen-bond donors (Lipinski definition) is 0. The van der Waals surface area contributed by atoms with E-state index in [0.29, 0.717) is 5.92 Å². The highest BCUT2D eigenvalue weighted by Crippen LogP contribution is 2.69. The predicted molar refractivity (Wildman–Crippen MR) is 101 cm³/mol. The van der Waals surface area contributed by atoms with Gasteiger partial charge in [0.1, 0.15) is 6.10 Å². The third kappa shape index (κ3) is 1.58. The van der Waals surface area contributed by atoms with Crippen LogP contribution < -0.4 is 0 Å². The molecule has 0 aromatic heterocycles. The Balaban J connectivity index is 1.40. The molecule has 0 spiro atoms. The molecule has 3 saturated carbocycles. The van der Waals surface area contributed by atoms with Gasteiger partial charge in [0.05, 0.1) is 11.6 Å². The minimum atomic E-state index is -0.556.